The van der Waals surface area contributed by atoms with Crippen LogP contribution in [0.2, 0.25) is 0 Å². The van der Waals surface area contributed by atoms with E-state index in [1.165, 1.54) is 55.0 Å². The Hall–Kier alpha value is -1.50. The van der Waals surface area contributed by atoms with E-state index in [4.69, 9.17) is 0 Å². The fourth-order valence-electron chi connectivity index (χ4n) is 3.19. The number of aromatic hydroxyl groups is 1. The molecule has 2 aromatic rings. The molecule has 0 spiro atoms. The van der Waals surface area contributed by atoms with Crippen LogP contribution in [0, 0.1) is 0 Å². The third kappa shape index (κ3) is 4.99. The van der Waals surface area contributed by atoms with Crippen LogP contribution in [-0.2, 0) is 11.8 Å². The Labute approximate surface area is 141 Å². The van der Waals surface area contributed by atoms with Crippen LogP contribution in [0.1, 0.15) is 77.3 Å². The van der Waals surface area contributed by atoms with Crippen LogP contribution in [-0.4, -0.2) is 5.11 Å². The van der Waals surface area contributed by atoms with Gasteiger partial charge in [-0.2, -0.15) is 0 Å². The van der Waals surface area contributed by atoms with Crippen molar-refractivity contribution in [3.63, 3.8) is 0 Å². The van der Waals surface area contributed by atoms with Crippen molar-refractivity contribution in [3.8, 4) is 5.75 Å². The Bertz CT molecular complexity index is 634. The number of phenols is 1. The van der Waals surface area contributed by atoms with E-state index >= 15 is 0 Å². The summed E-state index contributed by atoms with van der Waals surface area (Å²) >= 11 is 0. The zero-order valence-electron chi connectivity index (χ0n) is 15.3. The molecule has 0 aromatic heterocycles. The molecular formula is C22H32O. The molecule has 1 nitrogen and oxygen atoms in total. The molecule has 0 heterocycles. The maximum atomic E-state index is 10.0. The summed E-state index contributed by atoms with van der Waals surface area (Å²) < 4.78 is 0. The molecule has 0 aliphatic carbocycles. The minimum absolute atomic E-state index is 0.156. The van der Waals surface area contributed by atoms with Crippen LogP contribution in [0.3, 0.4) is 0 Å². The highest BCUT2D eigenvalue weighted by atomic mass is 16.3. The van der Waals surface area contributed by atoms with Gasteiger partial charge in [0.25, 0.3) is 0 Å². The first kappa shape index (κ1) is 17.8. The highest BCUT2D eigenvalue weighted by Crippen LogP contribution is 2.31. The van der Waals surface area contributed by atoms with Gasteiger partial charge >= 0.3 is 0 Å². The van der Waals surface area contributed by atoms with Crippen LogP contribution in [0.4, 0.5) is 0 Å². The molecule has 0 saturated heterocycles. The van der Waals surface area contributed by atoms with Gasteiger partial charge < -0.3 is 5.11 Å². The number of aryl methyl sites for hydroxylation is 1. The van der Waals surface area contributed by atoms with Crippen LogP contribution < -0.4 is 0 Å². The first-order valence-electron chi connectivity index (χ1n) is 9.18. The number of hydrogen-bond donors (Lipinski definition) is 1. The van der Waals surface area contributed by atoms with Gasteiger partial charge in [-0.3, -0.25) is 0 Å². The summed E-state index contributed by atoms with van der Waals surface area (Å²) in [4.78, 5) is 0. The van der Waals surface area contributed by atoms with E-state index in [0.29, 0.717) is 5.75 Å². The second kappa shape index (κ2) is 7.86. The molecule has 126 valence electrons. The predicted octanol–water partition coefficient (Wildman–Crippen LogP) is 6.75. The van der Waals surface area contributed by atoms with Crippen LogP contribution in [0.25, 0.3) is 10.8 Å². The first-order chi connectivity index (χ1) is 10.9. The van der Waals surface area contributed by atoms with E-state index in [0.717, 1.165) is 11.8 Å². The Balaban J connectivity index is 2.17. The summed E-state index contributed by atoms with van der Waals surface area (Å²) in [5.41, 5.74) is 2.81. The van der Waals surface area contributed by atoms with Crippen LogP contribution in [0.15, 0.2) is 30.3 Å². The smallest absolute Gasteiger partial charge is 0.116 e. The highest BCUT2D eigenvalue weighted by molar-refractivity contribution is 5.88. The lowest BCUT2D eigenvalue weighted by Crippen LogP contribution is -2.10. The lowest BCUT2D eigenvalue weighted by Gasteiger charge is -2.20. The second-order valence-electron chi connectivity index (χ2n) is 7.81. The van der Waals surface area contributed by atoms with Crippen molar-refractivity contribution in [3.05, 3.63) is 41.5 Å². The summed E-state index contributed by atoms with van der Waals surface area (Å²) in [6.45, 7) is 9.01. The molecule has 0 amide bonds. The average molecular weight is 312 g/mol. The summed E-state index contributed by atoms with van der Waals surface area (Å²) in [7, 11) is 0. The lowest BCUT2D eigenvalue weighted by molar-refractivity contribution is 0.475. The van der Waals surface area contributed by atoms with E-state index in [1.807, 2.05) is 12.1 Å². The van der Waals surface area contributed by atoms with E-state index in [1.54, 1.807) is 0 Å². The normalized spacial score (nSPS) is 12.0. The minimum Gasteiger partial charge on any atom is -0.508 e. The Morgan fingerprint density at radius 3 is 2.26 bits per heavy atom. The first-order valence-corrected chi connectivity index (χ1v) is 9.18. The minimum atomic E-state index is 0.156. The topological polar surface area (TPSA) is 20.2 Å². The fourth-order valence-corrected chi connectivity index (χ4v) is 3.19. The van der Waals surface area contributed by atoms with Gasteiger partial charge in [0.05, 0.1) is 0 Å². The van der Waals surface area contributed by atoms with E-state index < -0.39 is 0 Å². The van der Waals surface area contributed by atoms with Gasteiger partial charge in [0.1, 0.15) is 5.75 Å². The van der Waals surface area contributed by atoms with E-state index in [2.05, 4.69) is 45.9 Å². The summed E-state index contributed by atoms with van der Waals surface area (Å²) in [5, 5.41) is 12.5. The van der Waals surface area contributed by atoms with Gasteiger partial charge in [-0.15, -0.1) is 0 Å². The van der Waals surface area contributed by atoms with Gasteiger partial charge in [0.2, 0.25) is 0 Å². The summed E-state index contributed by atoms with van der Waals surface area (Å²) in [5.74, 6) is 0.391. The van der Waals surface area contributed by atoms with Crippen molar-refractivity contribution < 1.29 is 5.11 Å². The molecule has 0 fully saturated rings. The van der Waals surface area contributed by atoms with Crippen molar-refractivity contribution in [2.24, 2.45) is 0 Å². The lowest BCUT2D eigenvalue weighted by atomic mass is 9.85. The molecule has 0 atom stereocenters. The van der Waals surface area contributed by atoms with E-state index in [-0.39, 0.29) is 5.41 Å². The number of benzene rings is 2. The standard InChI is InChI=1S/C22H32O/c1-5-6-7-8-9-10-11-17-14-20(23)15-18-12-13-19(16-21(17)18)22(2,3)4/h12-16,23H,5-11H2,1-4H3. The maximum absolute atomic E-state index is 10.0. The largest absolute Gasteiger partial charge is 0.508 e. The van der Waals surface area contributed by atoms with Crippen molar-refractivity contribution in [2.75, 3.05) is 0 Å². The Morgan fingerprint density at radius 2 is 1.57 bits per heavy atom. The maximum Gasteiger partial charge on any atom is 0.116 e. The van der Waals surface area contributed by atoms with Crippen LogP contribution >= 0.6 is 0 Å². The molecule has 0 saturated carbocycles. The van der Waals surface area contributed by atoms with Gasteiger partial charge in [0.15, 0.2) is 0 Å². The zero-order chi connectivity index (χ0) is 16.9. The number of rotatable bonds is 7. The number of unbranched alkanes of at least 4 members (excludes halogenated alkanes) is 5. The average Bonchev–Trinajstić information content (AvgIpc) is 2.49. The number of fused-ring (bicyclic) bond motifs is 1. The van der Waals surface area contributed by atoms with Crippen LogP contribution in [0.5, 0.6) is 5.75 Å². The molecule has 0 aliphatic rings. The molecule has 0 aliphatic heterocycles. The molecule has 1 heteroatoms. The third-order valence-electron chi connectivity index (χ3n) is 4.69. The number of hydrogen-bond acceptors (Lipinski definition) is 1. The van der Waals surface area contributed by atoms with Crippen molar-refractivity contribution in [2.45, 2.75) is 78.1 Å². The molecule has 2 rings (SSSR count). The van der Waals surface area contributed by atoms with Crippen molar-refractivity contribution >= 4 is 10.8 Å². The Morgan fingerprint density at radius 1 is 0.870 bits per heavy atom. The van der Waals surface area contributed by atoms with Gasteiger partial charge in [0, 0.05) is 0 Å². The van der Waals surface area contributed by atoms with Gasteiger partial charge in [-0.05, 0) is 52.3 Å². The summed E-state index contributed by atoms with van der Waals surface area (Å²) in [6.07, 6.45) is 8.89. The van der Waals surface area contributed by atoms with Crippen molar-refractivity contribution in [1.82, 2.24) is 0 Å². The highest BCUT2D eigenvalue weighted by Gasteiger charge is 2.15. The SMILES string of the molecule is CCCCCCCCc1cc(O)cc2ccc(C(C)(C)C)cc12. The van der Waals surface area contributed by atoms with E-state index in [9.17, 15) is 5.11 Å². The Kier molecular flexibility index (Phi) is 6.10. The second-order valence-corrected chi connectivity index (χ2v) is 7.81. The number of phenolic OH excluding ortho intramolecular Hbond substituents is 1. The molecule has 1 N–H and O–H groups in total. The van der Waals surface area contributed by atoms with Crippen molar-refractivity contribution in [1.29, 1.82) is 0 Å². The van der Waals surface area contributed by atoms with Gasteiger partial charge in [-0.25, -0.2) is 0 Å². The third-order valence-corrected chi connectivity index (χ3v) is 4.69. The zero-order valence-corrected chi connectivity index (χ0v) is 15.3. The molecule has 0 bridgehead atoms. The molecule has 2 aromatic carbocycles. The monoisotopic (exact) mass is 312 g/mol. The van der Waals surface area contributed by atoms with Gasteiger partial charge in [-0.1, -0.05) is 78.0 Å². The molecule has 0 radical (unpaired) electrons. The molecular weight excluding hydrogens is 280 g/mol. The summed E-state index contributed by atoms with van der Waals surface area (Å²) in [6, 6.07) is 10.5. The fraction of sp³-hybridized carbons (Fsp3) is 0.545. The quantitative estimate of drug-likeness (QED) is 0.561. The predicted molar refractivity (Wildman–Crippen MR) is 101 cm³/mol. The molecule has 0 unspecified atom stereocenters. The molecule has 23 heavy (non-hydrogen) atoms.